The lowest BCUT2D eigenvalue weighted by Crippen LogP contribution is -2.13. The number of thioether (sulfide) groups is 1. The summed E-state index contributed by atoms with van der Waals surface area (Å²) in [6, 6.07) is 6.59. The van der Waals surface area contributed by atoms with Gasteiger partial charge in [-0.3, -0.25) is 0 Å². The first-order valence-electron chi connectivity index (χ1n) is 5.19. The number of hydrogen-bond donors (Lipinski definition) is 1. The number of thiazole rings is 1. The van der Waals surface area contributed by atoms with Crippen LogP contribution in [0.2, 0.25) is 0 Å². The summed E-state index contributed by atoms with van der Waals surface area (Å²) in [5.74, 6) is 0.236. The van der Waals surface area contributed by atoms with Crippen LogP contribution in [-0.2, 0) is 6.42 Å². The van der Waals surface area contributed by atoms with E-state index in [1.165, 1.54) is 29.2 Å². The third kappa shape index (κ3) is 3.80. The molecular formula is C12H12FNOS2. The maximum absolute atomic E-state index is 13.3. The van der Waals surface area contributed by atoms with Crippen molar-refractivity contribution in [1.29, 1.82) is 0 Å². The average molecular weight is 269 g/mol. The SMILES string of the molecule is OC(CSc1ccccc1F)Cc1nccs1. The molecule has 0 spiro atoms. The molecule has 0 amide bonds. The molecule has 5 heteroatoms. The van der Waals surface area contributed by atoms with Gasteiger partial charge in [-0.1, -0.05) is 12.1 Å². The van der Waals surface area contributed by atoms with E-state index >= 15 is 0 Å². The molecule has 2 rings (SSSR count). The van der Waals surface area contributed by atoms with Gasteiger partial charge in [-0.05, 0) is 12.1 Å². The van der Waals surface area contributed by atoms with Crippen LogP contribution in [-0.4, -0.2) is 21.9 Å². The summed E-state index contributed by atoms with van der Waals surface area (Å²) >= 11 is 2.85. The van der Waals surface area contributed by atoms with Crippen molar-refractivity contribution in [2.45, 2.75) is 17.4 Å². The van der Waals surface area contributed by atoms with Crippen molar-refractivity contribution in [1.82, 2.24) is 4.98 Å². The van der Waals surface area contributed by atoms with Crippen LogP contribution >= 0.6 is 23.1 Å². The largest absolute Gasteiger partial charge is 0.392 e. The van der Waals surface area contributed by atoms with E-state index in [9.17, 15) is 9.50 Å². The van der Waals surface area contributed by atoms with Gasteiger partial charge in [0.1, 0.15) is 5.82 Å². The maximum atomic E-state index is 13.3. The first kappa shape index (κ1) is 12.5. The third-order valence-corrected chi connectivity index (χ3v) is 4.16. The Morgan fingerprint density at radius 3 is 2.94 bits per heavy atom. The summed E-state index contributed by atoms with van der Waals surface area (Å²) in [5.41, 5.74) is 0. The van der Waals surface area contributed by atoms with Crippen LogP contribution < -0.4 is 0 Å². The molecule has 2 aromatic rings. The summed E-state index contributed by atoms with van der Waals surface area (Å²) in [7, 11) is 0. The predicted octanol–water partition coefficient (Wildman–Crippen LogP) is 2.98. The Bertz CT molecular complexity index is 461. The highest BCUT2D eigenvalue weighted by Gasteiger charge is 2.09. The van der Waals surface area contributed by atoms with Gasteiger partial charge in [0.05, 0.1) is 11.1 Å². The highest BCUT2D eigenvalue weighted by molar-refractivity contribution is 7.99. The van der Waals surface area contributed by atoms with Crippen molar-refractivity contribution in [3.05, 3.63) is 46.7 Å². The zero-order valence-electron chi connectivity index (χ0n) is 9.04. The number of aromatic nitrogens is 1. The Morgan fingerprint density at radius 1 is 1.41 bits per heavy atom. The minimum atomic E-state index is -0.495. The van der Waals surface area contributed by atoms with Crippen molar-refractivity contribution in [3.8, 4) is 0 Å². The van der Waals surface area contributed by atoms with Crippen LogP contribution in [0.5, 0.6) is 0 Å². The Hall–Kier alpha value is -0.910. The standard InChI is InChI=1S/C12H12FNOS2/c13-10-3-1-2-4-11(10)17-8-9(15)7-12-14-5-6-16-12/h1-6,9,15H,7-8H2. The van der Waals surface area contributed by atoms with Gasteiger partial charge < -0.3 is 5.11 Å². The molecule has 1 heterocycles. The van der Waals surface area contributed by atoms with E-state index in [1.54, 1.807) is 24.4 Å². The molecule has 2 nitrogen and oxygen atoms in total. The van der Waals surface area contributed by atoms with Crippen LogP contribution in [0.3, 0.4) is 0 Å². The van der Waals surface area contributed by atoms with Crippen molar-refractivity contribution in [3.63, 3.8) is 0 Å². The molecule has 0 saturated heterocycles. The summed E-state index contributed by atoms with van der Waals surface area (Å²) < 4.78 is 13.3. The number of aliphatic hydroxyl groups is 1. The quantitative estimate of drug-likeness (QED) is 0.847. The molecule has 0 aliphatic heterocycles. The first-order chi connectivity index (χ1) is 8.25. The Kier molecular flexibility index (Phi) is 4.53. The third-order valence-electron chi connectivity index (χ3n) is 2.16. The van der Waals surface area contributed by atoms with Crippen LogP contribution in [0.25, 0.3) is 0 Å². The predicted molar refractivity (Wildman–Crippen MR) is 68.9 cm³/mol. The monoisotopic (exact) mass is 269 g/mol. The lowest BCUT2D eigenvalue weighted by atomic mass is 10.3. The molecule has 0 saturated carbocycles. The van der Waals surface area contributed by atoms with E-state index in [-0.39, 0.29) is 5.82 Å². The zero-order chi connectivity index (χ0) is 12.1. The zero-order valence-corrected chi connectivity index (χ0v) is 10.7. The van der Waals surface area contributed by atoms with E-state index in [0.29, 0.717) is 17.1 Å². The molecule has 0 aliphatic rings. The van der Waals surface area contributed by atoms with Crippen LogP contribution in [0, 0.1) is 5.82 Å². The minimum Gasteiger partial charge on any atom is -0.392 e. The van der Waals surface area contributed by atoms with Gasteiger partial charge in [0, 0.05) is 28.6 Å². The molecule has 1 aromatic heterocycles. The number of nitrogens with zero attached hydrogens (tertiary/aromatic N) is 1. The van der Waals surface area contributed by atoms with Crippen molar-refractivity contribution in [2.24, 2.45) is 0 Å². The van der Waals surface area contributed by atoms with E-state index in [2.05, 4.69) is 4.98 Å². The molecule has 17 heavy (non-hydrogen) atoms. The molecule has 90 valence electrons. The lowest BCUT2D eigenvalue weighted by molar-refractivity contribution is 0.200. The fourth-order valence-corrected chi connectivity index (χ4v) is 2.92. The molecule has 1 N–H and O–H groups in total. The minimum absolute atomic E-state index is 0.237. The Balaban J connectivity index is 1.84. The lowest BCUT2D eigenvalue weighted by Gasteiger charge is -2.08. The summed E-state index contributed by atoms with van der Waals surface area (Å²) in [4.78, 5) is 4.68. The molecular weight excluding hydrogens is 257 g/mol. The van der Waals surface area contributed by atoms with E-state index < -0.39 is 6.10 Å². The normalized spacial score (nSPS) is 12.6. The van der Waals surface area contributed by atoms with Crippen molar-refractivity contribution >= 4 is 23.1 Å². The molecule has 1 unspecified atom stereocenters. The highest BCUT2D eigenvalue weighted by Crippen LogP contribution is 2.22. The fraction of sp³-hybridized carbons (Fsp3) is 0.250. The van der Waals surface area contributed by atoms with Gasteiger partial charge in [-0.15, -0.1) is 23.1 Å². The molecule has 0 aliphatic carbocycles. The highest BCUT2D eigenvalue weighted by atomic mass is 32.2. The van der Waals surface area contributed by atoms with E-state index in [1.807, 2.05) is 5.38 Å². The van der Waals surface area contributed by atoms with Crippen molar-refractivity contribution in [2.75, 3.05) is 5.75 Å². The second kappa shape index (κ2) is 6.14. The van der Waals surface area contributed by atoms with Gasteiger partial charge in [0.2, 0.25) is 0 Å². The Labute approximate surface area is 108 Å². The van der Waals surface area contributed by atoms with Crippen molar-refractivity contribution < 1.29 is 9.50 Å². The van der Waals surface area contributed by atoms with Crippen LogP contribution in [0.4, 0.5) is 4.39 Å². The summed E-state index contributed by atoms with van der Waals surface area (Å²) in [6.07, 6.45) is 1.75. The molecule has 0 fully saturated rings. The number of benzene rings is 1. The topological polar surface area (TPSA) is 33.1 Å². The smallest absolute Gasteiger partial charge is 0.136 e. The first-order valence-corrected chi connectivity index (χ1v) is 7.06. The Morgan fingerprint density at radius 2 is 2.24 bits per heavy atom. The average Bonchev–Trinajstić information content (AvgIpc) is 2.81. The molecule has 0 radical (unpaired) electrons. The van der Waals surface area contributed by atoms with Crippen LogP contribution in [0.1, 0.15) is 5.01 Å². The van der Waals surface area contributed by atoms with Gasteiger partial charge in [-0.25, -0.2) is 9.37 Å². The molecule has 1 aromatic carbocycles. The second-order valence-corrected chi connectivity index (χ2v) is 5.57. The van der Waals surface area contributed by atoms with E-state index in [4.69, 9.17) is 0 Å². The summed E-state index contributed by atoms with van der Waals surface area (Å²) in [5, 5.41) is 12.6. The number of rotatable bonds is 5. The van der Waals surface area contributed by atoms with Gasteiger partial charge in [0.15, 0.2) is 0 Å². The second-order valence-electron chi connectivity index (χ2n) is 3.53. The van der Waals surface area contributed by atoms with Gasteiger partial charge >= 0.3 is 0 Å². The fourth-order valence-electron chi connectivity index (χ4n) is 1.36. The van der Waals surface area contributed by atoms with E-state index in [0.717, 1.165) is 5.01 Å². The van der Waals surface area contributed by atoms with Gasteiger partial charge in [-0.2, -0.15) is 0 Å². The van der Waals surface area contributed by atoms with Gasteiger partial charge in [0.25, 0.3) is 0 Å². The summed E-state index contributed by atoms with van der Waals surface area (Å²) in [6.45, 7) is 0. The number of halogens is 1. The molecule has 1 atom stereocenters. The van der Waals surface area contributed by atoms with Crippen LogP contribution in [0.15, 0.2) is 40.7 Å². The number of aliphatic hydroxyl groups excluding tert-OH is 1. The number of hydrogen-bond acceptors (Lipinski definition) is 4. The molecule has 0 bridgehead atoms. The maximum Gasteiger partial charge on any atom is 0.136 e.